The van der Waals surface area contributed by atoms with Crippen molar-refractivity contribution in [3.8, 4) is 0 Å². The van der Waals surface area contributed by atoms with E-state index in [4.69, 9.17) is 9.47 Å². The summed E-state index contributed by atoms with van der Waals surface area (Å²) in [5.41, 5.74) is 1.14. The molecular formula is C12H11NO3. The van der Waals surface area contributed by atoms with Crippen LogP contribution in [0.2, 0.25) is 0 Å². The number of aromatic nitrogens is 1. The van der Waals surface area contributed by atoms with Crippen molar-refractivity contribution < 1.29 is 14.3 Å². The molecule has 0 aliphatic carbocycles. The Bertz CT molecular complexity index is 532. The van der Waals surface area contributed by atoms with Crippen molar-refractivity contribution in [1.29, 1.82) is 0 Å². The molecule has 1 fully saturated rings. The summed E-state index contributed by atoms with van der Waals surface area (Å²) < 4.78 is 11.8. The normalized spacial score (nSPS) is 19.8. The molecule has 1 aliphatic heterocycles. The van der Waals surface area contributed by atoms with Crippen molar-refractivity contribution in [2.24, 2.45) is 0 Å². The van der Waals surface area contributed by atoms with Crippen LogP contribution < -0.4 is 0 Å². The number of nitrogens with zero attached hydrogens (tertiary/aromatic N) is 1. The maximum Gasteiger partial charge on any atom is 0.508 e. The van der Waals surface area contributed by atoms with Crippen molar-refractivity contribution in [2.45, 2.75) is 12.6 Å². The van der Waals surface area contributed by atoms with Crippen LogP contribution in [-0.2, 0) is 16.0 Å². The molecule has 16 heavy (non-hydrogen) atoms. The first kappa shape index (κ1) is 9.27. The molecular weight excluding hydrogens is 206 g/mol. The van der Waals surface area contributed by atoms with Crippen LogP contribution in [0.25, 0.3) is 10.9 Å². The van der Waals surface area contributed by atoms with Gasteiger partial charge in [0.1, 0.15) is 6.61 Å². The number of carbonyl (C=O) groups excluding carboxylic acids is 1. The van der Waals surface area contributed by atoms with Crippen molar-refractivity contribution >= 4 is 17.1 Å². The van der Waals surface area contributed by atoms with E-state index in [1.165, 1.54) is 5.39 Å². The molecule has 0 bridgehead atoms. The third-order valence-electron chi connectivity index (χ3n) is 2.73. The minimum atomic E-state index is -0.568. The fourth-order valence-corrected chi connectivity index (χ4v) is 1.97. The van der Waals surface area contributed by atoms with Crippen LogP contribution in [0.3, 0.4) is 0 Å². The van der Waals surface area contributed by atoms with Gasteiger partial charge in [-0.25, -0.2) is 4.79 Å². The predicted molar refractivity (Wildman–Crippen MR) is 58.2 cm³/mol. The second kappa shape index (κ2) is 3.56. The fraction of sp³-hybridized carbons (Fsp3) is 0.250. The molecule has 0 radical (unpaired) electrons. The molecule has 2 heterocycles. The molecule has 1 atom stereocenters. The van der Waals surface area contributed by atoms with Gasteiger partial charge in [0.2, 0.25) is 0 Å². The SMILES string of the molecule is O=C1OCC(Cn2ccc3ccccc32)O1. The van der Waals surface area contributed by atoms with Crippen molar-refractivity contribution in [2.75, 3.05) is 6.61 Å². The van der Waals surface area contributed by atoms with Gasteiger partial charge >= 0.3 is 6.16 Å². The van der Waals surface area contributed by atoms with Gasteiger partial charge < -0.3 is 14.0 Å². The van der Waals surface area contributed by atoms with Gasteiger partial charge in [0, 0.05) is 11.7 Å². The first-order valence-electron chi connectivity index (χ1n) is 5.20. The molecule has 1 aliphatic rings. The molecule has 1 aromatic carbocycles. The van der Waals surface area contributed by atoms with Crippen LogP contribution in [0.5, 0.6) is 0 Å². The number of carbonyl (C=O) groups is 1. The molecule has 4 heteroatoms. The number of ether oxygens (including phenoxy) is 2. The Labute approximate surface area is 92.4 Å². The highest BCUT2D eigenvalue weighted by Gasteiger charge is 2.25. The monoisotopic (exact) mass is 217 g/mol. The van der Waals surface area contributed by atoms with Crippen LogP contribution in [0.1, 0.15) is 0 Å². The minimum Gasteiger partial charge on any atom is -0.430 e. The Morgan fingerprint density at radius 3 is 3.00 bits per heavy atom. The standard InChI is InChI=1S/C12H11NO3/c14-12-15-8-10(16-12)7-13-6-5-9-3-1-2-4-11(9)13/h1-6,10H,7-8H2. The van der Waals surface area contributed by atoms with Crippen molar-refractivity contribution in [1.82, 2.24) is 4.57 Å². The first-order valence-corrected chi connectivity index (χ1v) is 5.20. The van der Waals surface area contributed by atoms with E-state index in [2.05, 4.69) is 10.6 Å². The van der Waals surface area contributed by atoms with Crippen LogP contribution in [0.15, 0.2) is 36.5 Å². The Hall–Kier alpha value is -1.97. The summed E-state index contributed by atoms with van der Waals surface area (Å²) in [4.78, 5) is 10.8. The molecule has 0 saturated carbocycles. The van der Waals surface area contributed by atoms with Gasteiger partial charge in [0.15, 0.2) is 6.10 Å². The zero-order valence-electron chi connectivity index (χ0n) is 8.63. The molecule has 3 rings (SSSR count). The number of para-hydroxylation sites is 1. The summed E-state index contributed by atoms with van der Waals surface area (Å²) in [6.45, 7) is 0.977. The Balaban J connectivity index is 1.86. The lowest BCUT2D eigenvalue weighted by molar-refractivity contribution is 0.114. The number of fused-ring (bicyclic) bond motifs is 1. The molecule has 0 amide bonds. The van der Waals surface area contributed by atoms with Crippen molar-refractivity contribution in [3.05, 3.63) is 36.5 Å². The van der Waals surface area contributed by atoms with Gasteiger partial charge in [-0.1, -0.05) is 18.2 Å². The van der Waals surface area contributed by atoms with E-state index in [0.717, 1.165) is 5.52 Å². The molecule has 0 spiro atoms. The fourth-order valence-electron chi connectivity index (χ4n) is 1.97. The highest BCUT2D eigenvalue weighted by molar-refractivity contribution is 5.79. The van der Waals surface area contributed by atoms with E-state index >= 15 is 0 Å². The average Bonchev–Trinajstić information content (AvgIpc) is 2.87. The lowest BCUT2D eigenvalue weighted by Gasteiger charge is -2.08. The summed E-state index contributed by atoms with van der Waals surface area (Å²) in [7, 11) is 0. The lowest BCUT2D eigenvalue weighted by Crippen LogP contribution is -2.17. The van der Waals surface area contributed by atoms with Crippen LogP contribution in [0.4, 0.5) is 4.79 Å². The van der Waals surface area contributed by atoms with Crippen molar-refractivity contribution in [3.63, 3.8) is 0 Å². The third kappa shape index (κ3) is 1.52. The smallest absolute Gasteiger partial charge is 0.430 e. The number of hydrogen-bond acceptors (Lipinski definition) is 3. The first-order chi connectivity index (χ1) is 7.83. The molecule has 0 N–H and O–H groups in total. The average molecular weight is 217 g/mol. The Kier molecular flexibility index (Phi) is 2.06. The second-order valence-corrected chi connectivity index (χ2v) is 3.83. The highest BCUT2D eigenvalue weighted by Crippen LogP contribution is 2.17. The van der Waals surface area contributed by atoms with Gasteiger partial charge in [-0.15, -0.1) is 0 Å². The number of cyclic esters (lactones) is 2. The van der Waals surface area contributed by atoms with Gasteiger partial charge in [0.25, 0.3) is 0 Å². The molecule has 82 valence electrons. The van der Waals surface area contributed by atoms with Gasteiger partial charge in [-0.3, -0.25) is 0 Å². The topological polar surface area (TPSA) is 40.5 Å². The van der Waals surface area contributed by atoms with Gasteiger partial charge in [-0.2, -0.15) is 0 Å². The summed E-state index contributed by atoms with van der Waals surface area (Å²) in [6, 6.07) is 10.2. The highest BCUT2D eigenvalue weighted by atomic mass is 16.8. The van der Waals surface area contributed by atoms with Crippen LogP contribution >= 0.6 is 0 Å². The van der Waals surface area contributed by atoms with E-state index in [0.29, 0.717) is 13.2 Å². The van der Waals surface area contributed by atoms with Gasteiger partial charge in [-0.05, 0) is 17.5 Å². The summed E-state index contributed by atoms with van der Waals surface area (Å²) in [5.74, 6) is 0. The molecule has 4 nitrogen and oxygen atoms in total. The zero-order chi connectivity index (χ0) is 11.0. The van der Waals surface area contributed by atoms with E-state index in [1.807, 2.05) is 30.5 Å². The maximum atomic E-state index is 10.8. The van der Waals surface area contributed by atoms with E-state index in [1.54, 1.807) is 0 Å². The Morgan fingerprint density at radius 2 is 2.19 bits per heavy atom. The maximum absolute atomic E-state index is 10.8. The summed E-state index contributed by atoms with van der Waals surface area (Å²) in [5, 5.41) is 1.19. The number of benzene rings is 1. The van der Waals surface area contributed by atoms with Crippen LogP contribution in [-0.4, -0.2) is 23.4 Å². The predicted octanol–water partition coefficient (Wildman–Crippen LogP) is 2.18. The quantitative estimate of drug-likeness (QED) is 0.724. The molecule has 2 aromatic rings. The summed E-state index contributed by atoms with van der Waals surface area (Å²) >= 11 is 0. The summed E-state index contributed by atoms with van der Waals surface area (Å²) in [6.07, 6.45) is 1.25. The minimum absolute atomic E-state index is 0.177. The zero-order valence-corrected chi connectivity index (χ0v) is 8.63. The van der Waals surface area contributed by atoms with Gasteiger partial charge in [0.05, 0.1) is 6.54 Å². The Morgan fingerprint density at radius 1 is 1.31 bits per heavy atom. The van der Waals surface area contributed by atoms with E-state index in [-0.39, 0.29) is 6.10 Å². The van der Waals surface area contributed by atoms with Crippen LogP contribution in [0, 0.1) is 0 Å². The molecule has 1 unspecified atom stereocenters. The number of rotatable bonds is 2. The van der Waals surface area contributed by atoms with E-state index < -0.39 is 6.16 Å². The molecule has 1 aromatic heterocycles. The molecule has 1 saturated heterocycles. The second-order valence-electron chi connectivity index (χ2n) is 3.83. The third-order valence-corrected chi connectivity index (χ3v) is 2.73. The van der Waals surface area contributed by atoms with E-state index in [9.17, 15) is 4.79 Å². The number of hydrogen-bond donors (Lipinski definition) is 0. The lowest BCUT2D eigenvalue weighted by atomic mass is 10.2. The largest absolute Gasteiger partial charge is 0.508 e.